The molecule has 1 N–H and O–H groups in total. The van der Waals surface area contributed by atoms with Gasteiger partial charge in [0.1, 0.15) is 11.6 Å². The minimum atomic E-state index is -4.45. The van der Waals surface area contributed by atoms with E-state index < -0.39 is 17.6 Å². The van der Waals surface area contributed by atoms with Crippen molar-refractivity contribution in [2.45, 2.75) is 29.7 Å². The highest BCUT2D eigenvalue weighted by molar-refractivity contribution is 8.00. The molecule has 2 aromatic heterocycles. The van der Waals surface area contributed by atoms with Gasteiger partial charge in [-0.15, -0.1) is 10.2 Å². The van der Waals surface area contributed by atoms with Gasteiger partial charge in [-0.1, -0.05) is 23.1 Å². The number of ether oxygens (including phenoxy) is 1. The monoisotopic (exact) mass is 470 g/mol. The van der Waals surface area contributed by atoms with Crippen LogP contribution in [0.1, 0.15) is 16.3 Å². The lowest BCUT2D eigenvalue weighted by Gasteiger charge is -2.15. The smallest absolute Gasteiger partial charge is 0.416 e. The number of aromatic nitrogens is 3. The molecule has 0 unspecified atom stereocenters. The number of pyridine rings is 1. The van der Waals surface area contributed by atoms with Crippen LogP contribution in [0, 0.1) is 6.92 Å². The first-order valence-corrected chi connectivity index (χ1v) is 10.6. The van der Waals surface area contributed by atoms with Crippen LogP contribution in [0.15, 0.2) is 45.7 Å². The third-order valence-electron chi connectivity index (χ3n) is 4.06. The summed E-state index contributed by atoms with van der Waals surface area (Å²) in [7, 11) is 1.35. The quantitative estimate of drug-likeness (QED) is 0.526. The zero-order chi connectivity index (χ0) is 22.6. The van der Waals surface area contributed by atoms with Crippen LogP contribution < -0.4 is 15.5 Å². The second kappa shape index (κ2) is 9.52. The van der Waals surface area contributed by atoms with Crippen molar-refractivity contribution in [3.63, 3.8) is 0 Å². The SMILES string of the molecule is COc1cn(CC(=O)Nc2ccc(C(F)(F)F)cc2)c(CSc2nnc(C)s2)cc1=O. The largest absolute Gasteiger partial charge is 0.491 e. The predicted molar refractivity (Wildman–Crippen MR) is 112 cm³/mol. The van der Waals surface area contributed by atoms with E-state index in [1.165, 1.54) is 54.6 Å². The third kappa shape index (κ3) is 6.07. The molecule has 0 aliphatic rings. The van der Waals surface area contributed by atoms with Gasteiger partial charge in [0.15, 0.2) is 10.1 Å². The van der Waals surface area contributed by atoms with Crippen molar-refractivity contribution in [1.82, 2.24) is 14.8 Å². The van der Waals surface area contributed by atoms with E-state index >= 15 is 0 Å². The third-order valence-corrected chi connectivity index (χ3v) is 6.07. The van der Waals surface area contributed by atoms with Gasteiger partial charge in [-0.05, 0) is 31.2 Å². The summed E-state index contributed by atoms with van der Waals surface area (Å²) in [6, 6.07) is 5.53. The van der Waals surface area contributed by atoms with Crippen molar-refractivity contribution in [2.75, 3.05) is 12.4 Å². The Bertz CT molecular complexity index is 1130. The lowest BCUT2D eigenvalue weighted by atomic mass is 10.2. The van der Waals surface area contributed by atoms with Crippen LogP contribution >= 0.6 is 23.1 Å². The fourth-order valence-electron chi connectivity index (χ4n) is 2.59. The Morgan fingerprint density at radius 2 is 1.97 bits per heavy atom. The van der Waals surface area contributed by atoms with Crippen LogP contribution in [0.2, 0.25) is 0 Å². The van der Waals surface area contributed by atoms with Crippen molar-refractivity contribution >= 4 is 34.7 Å². The van der Waals surface area contributed by atoms with Crippen molar-refractivity contribution < 1.29 is 22.7 Å². The standard InChI is InChI=1S/C19H17F3N4O3S2/c1-11-24-25-18(31-11)30-10-14-7-15(27)16(29-2)8-26(14)9-17(28)23-13-5-3-12(4-6-13)19(20,21)22/h3-8H,9-10H2,1-2H3,(H,23,28). The number of carbonyl (C=O) groups excluding carboxylic acids is 1. The molecule has 0 bridgehead atoms. The Hall–Kier alpha value is -2.86. The fourth-order valence-corrected chi connectivity index (χ4v) is 4.40. The summed E-state index contributed by atoms with van der Waals surface area (Å²) in [5.41, 5.74) is -0.342. The molecule has 0 fully saturated rings. The molecule has 0 radical (unpaired) electrons. The van der Waals surface area contributed by atoms with Crippen LogP contribution in [0.5, 0.6) is 5.75 Å². The van der Waals surface area contributed by atoms with E-state index in [0.717, 1.165) is 21.5 Å². The summed E-state index contributed by atoms with van der Waals surface area (Å²) in [5.74, 6) is -0.0344. The number of hydrogen-bond acceptors (Lipinski definition) is 7. The number of nitrogens with one attached hydrogen (secondary N) is 1. The molecule has 164 valence electrons. The van der Waals surface area contributed by atoms with Crippen LogP contribution in [0.3, 0.4) is 0 Å². The highest BCUT2D eigenvalue weighted by Crippen LogP contribution is 2.30. The number of methoxy groups -OCH3 is 1. The van der Waals surface area contributed by atoms with E-state index in [0.29, 0.717) is 11.4 Å². The van der Waals surface area contributed by atoms with Gasteiger partial charge in [0.05, 0.1) is 18.9 Å². The summed E-state index contributed by atoms with van der Waals surface area (Å²) in [6.07, 6.45) is -3.02. The number of alkyl halides is 3. The van der Waals surface area contributed by atoms with Gasteiger partial charge in [0, 0.05) is 23.2 Å². The molecule has 31 heavy (non-hydrogen) atoms. The number of anilines is 1. The number of thioether (sulfide) groups is 1. The zero-order valence-corrected chi connectivity index (χ0v) is 18.0. The first kappa shape index (κ1) is 22.8. The average molecular weight is 470 g/mol. The highest BCUT2D eigenvalue weighted by Gasteiger charge is 2.30. The van der Waals surface area contributed by atoms with Gasteiger partial charge in [-0.2, -0.15) is 13.2 Å². The average Bonchev–Trinajstić information content (AvgIpc) is 3.12. The maximum Gasteiger partial charge on any atom is 0.416 e. The van der Waals surface area contributed by atoms with Crippen LogP contribution in [-0.2, 0) is 23.3 Å². The predicted octanol–water partition coefficient (Wildman–Crippen LogP) is 3.97. The lowest BCUT2D eigenvalue weighted by Crippen LogP contribution is -2.22. The molecular weight excluding hydrogens is 453 g/mol. The number of hydrogen-bond donors (Lipinski definition) is 1. The number of rotatable bonds is 7. The highest BCUT2D eigenvalue weighted by atomic mass is 32.2. The lowest BCUT2D eigenvalue weighted by molar-refractivity contribution is -0.137. The Morgan fingerprint density at radius 3 is 2.55 bits per heavy atom. The van der Waals surface area contributed by atoms with Crippen LogP contribution in [0.4, 0.5) is 18.9 Å². The van der Waals surface area contributed by atoms with Crippen molar-refractivity contribution in [3.05, 3.63) is 63.0 Å². The number of carbonyl (C=O) groups is 1. The minimum absolute atomic E-state index is 0.0721. The van der Waals surface area contributed by atoms with Crippen LogP contribution in [-0.4, -0.2) is 27.8 Å². The summed E-state index contributed by atoms with van der Waals surface area (Å²) in [5, 5.41) is 11.3. The first-order valence-electron chi connectivity index (χ1n) is 8.83. The Morgan fingerprint density at radius 1 is 1.26 bits per heavy atom. The minimum Gasteiger partial charge on any atom is -0.491 e. The second-order valence-corrected chi connectivity index (χ2v) is 8.73. The van der Waals surface area contributed by atoms with Gasteiger partial charge in [0.25, 0.3) is 0 Å². The van der Waals surface area contributed by atoms with E-state index in [4.69, 9.17) is 4.74 Å². The maximum absolute atomic E-state index is 12.7. The van der Waals surface area contributed by atoms with Crippen LogP contribution in [0.25, 0.3) is 0 Å². The normalized spacial score (nSPS) is 11.4. The molecule has 3 rings (SSSR count). The fraction of sp³-hybridized carbons (Fsp3) is 0.263. The number of amides is 1. The Labute approximate surface area is 183 Å². The number of aryl methyl sites for hydroxylation is 1. The maximum atomic E-state index is 12.7. The van der Waals surface area contributed by atoms with E-state index in [1.807, 2.05) is 6.92 Å². The molecule has 0 saturated heterocycles. The van der Waals surface area contributed by atoms with Gasteiger partial charge >= 0.3 is 6.18 Å². The Balaban J connectivity index is 1.75. The molecule has 1 aromatic carbocycles. The first-order chi connectivity index (χ1) is 14.7. The molecule has 3 aromatic rings. The molecule has 0 spiro atoms. The molecule has 2 heterocycles. The molecule has 12 heteroatoms. The summed E-state index contributed by atoms with van der Waals surface area (Å²) in [6.45, 7) is 1.67. The number of nitrogens with zero attached hydrogens (tertiary/aromatic N) is 3. The number of benzene rings is 1. The zero-order valence-electron chi connectivity index (χ0n) is 16.4. The summed E-state index contributed by atoms with van der Waals surface area (Å²) < 4.78 is 45.4. The van der Waals surface area contributed by atoms with E-state index in [-0.39, 0.29) is 23.4 Å². The molecule has 0 saturated carbocycles. The molecule has 7 nitrogen and oxygen atoms in total. The van der Waals surface area contributed by atoms with Crippen molar-refractivity contribution in [2.24, 2.45) is 0 Å². The van der Waals surface area contributed by atoms with E-state index in [1.54, 1.807) is 4.57 Å². The molecule has 0 aliphatic carbocycles. The molecule has 1 amide bonds. The van der Waals surface area contributed by atoms with Crippen molar-refractivity contribution in [1.29, 1.82) is 0 Å². The van der Waals surface area contributed by atoms with Crippen molar-refractivity contribution in [3.8, 4) is 5.75 Å². The Kier molecular flexibility index (Phi) is 7.01. The topological polar surface area (TPSA) is 86.1 Å². The summed E-state index contributed by atoms with van der Waals surface area (Å²) >= 11 is 2.78. The van der Waals surface area contributed by atoms with Gasteiger partial charge in [-0.25, -0.2) is 0 Å². The molecular formula is C19H17F3N4O3S2. The van der Waals surface area contributed by atoms with E-state index in [9.17, 15) is 22.8 Å². The molecule has 0 aliphatic heterocycles. The van der Waals surface area contributed by atoms with E-state index in [2.05, 4.69) is 15.5 Å². The van der Waals surface area contributed by atoms with Gasteiger partial charge in [-0.3, -0.25) is 9.59 Å². The summed E-state index contributed by atoms with van der Waals surface area (Å²) in [4.78, 5) is 24.6. The van der Waals surface area contributed by atoms with Gasteiger partial charge in [0.2, 0.25) is 11.3 Å². The number of halogens is 3. The second-order valence-electron chi connectivity index (χ2n) is 6.32. The molecule has 0 atom stereocenters. The van der Waals surface area contributed by atoms with Gasteiger partial charge < -0.3 is 14.6 Å².